The van der Waals surface area contributed by atoms with Crippen LogP contribution in [-0.4, -0.2) is 58.9 Å². The van der Waals surface area contributed by atoms with Gasteiger partial charge in [0, 0.05) is 38.3 Å². The number of nitrogens with one attached hydrogen (secondary N) is 1. The average Bonchev–Trinajstić information content (AvgIpc) is 3.33. The van der Waals surface area contributed by atoms with E-state index >= 15 is 0 Å². The molecule has 8 nitrogen and oxygen atoms in total. The molecule has 0 unspecified atom stereocenters. The summed E-state index contributed by atoms with van der Waals surface area (Å²) in [7, 11) is 5.17. The molecule has 3 rings (SSSR count). The largest absolute Gasteiger partial charge is 0.496 e. The van der Waals surface area contributed by atoms with Crippen LogP contribution in [-0.2, 0) is 11.8 Å². The third-order valence-corrected chi connectivity index (χ3v) is 5.03. The fourth-order valence-electron chi connectivity index (χ4n) is 3.54. The summed E-state index contributed by atoms with van der Waals surface area (Å²) in [5.41, 5.74) is 2.66. The van der Waals surface area contributed by atoms with Gasteiger partial charge in [0.15, 0.2) is 0 Å². The van der Waals surface area contributed by atoms with E-state index in [0.29, 0.717) is 12.2 Å². The van der Waals surface area contributed by atoms with Crippen LogP contribution in [0.4, 0.5) is 4.79 Å². The van der Waals surface area contributed by atoms with E-state index in [1.807, 2.05) is 68.1 Å². The number of hydrogen-bond donors (Lipinski definition) is 1. The summed E-state index contributed by atoms with van der Waals surface area (Å²) in [6, 6.07) is 11.0. The van der Waals surface area contributed by atoms with E-state index in [0.717, 1.165) is 17.0 Å². The molecule has 8 heteroatoms. The number of amides is 3. The lowest BCUT2D eigenvalue weighted by molar-refractivity contribution is -0.133. The Morgan fingerprint density at radius 3 is 2.63 bits per heavy atom. The molecule has 1 aromatic heterocycles. The number of carbonyl (C=O) groups excluding carboxylic acids is 2. The van der Waals surface area contributed by atoms with Crippen LogP contribution in [0.5, 0.6) is 5.75 Å². The lowest BCUT2D eigenvalue weighted by Gasteiger charge is -2.26. The molecular formula is C22H29N5O3. The Hall–Kier alpha value is -3.29. The lowest BCUT2D eigenvalue weighted by Crippen LogP contribution is -2.45. The van der Waals surface area contributed by atoms with Gasteiger partial charge in [-0.15, -0.1) is 0 Å². The minimum absolute atomic E-state index is 0.00914. The van der Waals surface area contributed by atoms with Gasteiger partial charge in [-0.25, -0.2) is 9.80 Å². The molecule has 3 amide bonds. The number of hydrogen-bond acceptors (Lipinski definition) is 4. The third-order valence-electron chi connectivity index (χ3n) is 5.03. The lowest BCUT2D eigenvalue weighted by atomic mass is 9.99. The van der Waals surface area contributed by atoms with Gasteiger partial charge in [0.2, 0.25) is 0 Å². The van der Waals surface area contributed by atoms with Crippen LogP contribution in [0.15, 0.2) is 47.7 Å². The van der Waals surface area contributed by atoms with Crippen molar-refractivity contribution in [1.29, 1.82) is 0 Å². The zero-order valence-corrected chi connectivity index (χ0v) is 18.1. The summed E-state index contributed by atoms with van der Waals surface area (Å²) in [5.74, 6) is 0.450. The quantitative estimate of drug-likeness (QED) is 0.794. The molecule has 1 N–H and O–H groups in total. The third kappa shape index (κ3) is 4.48. The second-order valence-corrected chi connectivity index (χ2v) is 7.71. The van der Waals surface area contributed by atoms with Crippen molar-refractivity contribution >= 4 is 17.6 Å². The average molecular weight is 412 g/mol. The number of ether oxygens (including phenoxy) is 1. The predicted molar refractivity (Wildman–Crippen MR) is 115 cm³/mol. The number of carbonyl (C=O) groups is 2. The molecule has 0 aliphatic carbocycles. The number of likely N-dealkylation sites (N-methyl/N-ethyl adjacent to an activating group) is 1. The van der Waals surface area contributed by atoms with Gasteiger partial charge in [-0.2, -0.15) is 5.10 Å². The maximum atomic E-state index is 13.2. The van der Waals surface area contributed by atoms with Crippen molar-refractivity contribution in [2.45, 2.75) is 32.4 Å². The zero-order valence-electron chi connectivity index (χ0n) is 18.1. The Morgan fingerprint density at radius 2 is 2.00 bits per heavy atom. The Balaban J connectivity index is 1.90. The maximum Gasteiger partial charge on any atom is 0.317 e. The molecular weight excluding hydrogens is 382 g/mol. The number of benzene rings is 1. The summed E-state index contributed by atoms with van der Waals surface area (Å²) in [6.45, 7) is 3.68. The first-order chi connectivity index (χ1) is 14.3. The smallest absolute Gasteiger partial charge is 0.317 e. The topological polar surface area (TPSA) is 79.2 Å². The molecule has 30 heavy (non-hydrogen) atoms. The molecule has 1 aliphatic rings. The second-order valence-electron chi connectivity index (χ2n) is 7.71. The van der Waals surface area contributed by atoms with E-state index in [2.05, 4.69) is 10.4 Å². The molecule has 0 saturated carbocycles. The highest BCUT2D eigenvalue weighted by molar-refractivity contribution is 6.02. The van der Waals surface area contributed by atoms with Crippen LogP contribution in [0.2, 0.25) is 0 Å². The number of para-hydroxylation sites is 1. The monoisotopic (exact) mass is 411 g/mol. The number of aromatic nitrogens is 1. The van der Waals surface area contributed by atoms with Gasteiger partial charge >= 0.3 is 6.03 Å². The minimum Gasteiger partial charge on any atom is -0.496 e. The standard InChI is InChI=1S/C22H29N5O3/c1-15(2)23-22(29)26(4)14-21(28)27-19(16-9-6-7-11-20(16)30-5)13-17(24-27)18-10-8-12-25(18)3/h6-12,15,19H,13-14H2,1-5H3,(H,23,29)/t19-/m1/s1. The summed E-state index contributed by atoms with van der Waals surface area (Å²) < 4.78 is 7.51. The highest BCUT2D eigenvalue weighted by Gasteiger charge is 2.36. The molecule has 1 atom stereocenters. The fourth-order valence-corrected chi connectivity index (χ4v) is 3.54. The molecule has 2 heterocycles. The molecule has 2 aromatic rings. The number of rotatable bonds is 6. The van der Waals surface area contributed by atoms with Crippen molar-refractivity contribution in [1.82, 2.24) is 19.8 Å². The van der Waals surface area contributed by atoms with E-state index < -0.39 is 0 Å². The van der Waals surface area contributed by atoms with Crippen molar-refractivity contribution in [2.75, 3.05) is 20.7 Å². The Bertz CT molecular complexity index is 950. The van der Waals surface area contributed by atoms with Gasteiger partial charge in [0.05, 0.1) is 24.6 Å². The molecule has 0 radical (unpaired) electrons. The van der Waals surface area contributed by atoms with E-state index in [-0.39, 0.29) is 30.6 Å². The summed E-state index contributed by atoms with van der Waals surface area (Å²) in [5, 5.41) is 8.94. The summed E-state index contributed by atoms with van der Waals surface area (Å²) >= 11 is 0. The van der Waals surface area contributed by atoms with Gasteiger partial charge in [0.25, 0.3) is 5.91 Å². The predicted octanol–water partition coefficient (Wildman–Crippen LogP) is 2.76. The SMILES string of the molecule is COc1ccccc1[C@H]1CC(c2cccn2C)=NN1C(=O)CN(C)C(=O)NC(C)C. The highest BCUT2D eigenvalue weighted by atomic mass is 16.5. The van der Waals surface area contributed by atoms with E-state index in [1.54, 1.807) is 14.2 Å². The molecule has 160 valence electrons. The zero-order chi connectivity index (χ0) is 21.8. The summed E-state index contributed by atoms with van der Waals surface area (Å²) in [4.78, 5) is 26.8. The van der Waals surface area contributed by atoms with Crippen molar-refractivity contribution in [3.8, 4) is 5.75 Å². The molecule has 1 aromatic carbocycles. The van der Waals surface area contributed by atoms with Crippen LogP contribution in [0.1, 0.15) is 37.6 Å². The number of aryl methyl sites for hydroxylation is 1. The van der Waals surface area contributed by atoms with Crippen LogP contribution >= 0.6 is 0 Å². The van der Waals surface area contributed by atoms with Crippen LogP contribution in [0.25, 0.3) is 0 Å². The van der Waals surface area contributed by atoms with Gasteiger partial charge in [-0.3, -0.25) is 4.79 Å². The number of methoxy groups -OCH3 is 1. The first kappa shape index (κ1) is 21.4. The highest BCUT2D eigenvalue weighted by Crippen LogP contribution is 2.37. The molecule has 1 aliphatic heterocycles. The Kier molecular flexibility index (Phi) is 6.44. The first-order valence-electron chi connectivity index (χ1n) is 9.97. The molecule has 0 spiro atoms. The van der Waals surface area contributed by atoms with Gasteiger partial charge in [0.1, 0.15) is 12.3 Å². The number of nitrogens with zero attached hydrogens (tertiary/aromatic N) is 4. The van der Waals surface area contributed by atoms with E-state index in [4.69, 9.17) is 4.74 Å². The fraction of sp³-hybridized carbons (Fsp3) is 0.409. The van der Waals surface area contributed by atoms with Crippen LogP contribution < -0.4 is 10.1 Å². The second kappa shape index (κ2) is 9.02. The number of hydrazone groups is 1. The van der Waals surface area contributed by atoms with Crippen LogP contribution in [0.3, 0.4) is 0 Å². The van der Waals surface area contributed by atoms with Crippen molar-refractivity contribution < 1.29 is 14.3 Å². The number of urea groups is 1. The van der Waals surface area contributed by atoms with E-state index in [1.165, 1.54) is 9.91 Å². The Labute approximate surface area is 177 Å². The maximum absolute atomic E-state index is 13.2. The van der Waals surface area contributed by atoms with Gasteiger partial charge in [-0.1, -0.05) is 18.2 Å². The normalized spacial score (nSPS) is 15.9. The van der Waals surface area contributed by atoms with Gasteiger partial charge in [-0.05, 0) is 32.0 Å². The Morgan fingerprint density at radius 1 is 1.27 bits per heavy atom. The van der Waals surface area contributed by atoms with Gasteiger partial charge < -0.3 is 19.5 Å². The van der Waals surface area contributed by atoms with Crippen molar-refractivity contribution in [2.24, 2.45) is 12.1 Å². The van der Waals surface area contributed by atoms with Crippen molar-refractivity contribution in [3.05, 3.63) is 53.9 Å². The van der Waals surface area contributed by atoms with Crippen molar-refractivity contribution in [3.63, 3.8) is 0 Å². The van der Waals surface area contributed by atoms with Crippen LogP contribution in [0, 0.1) is 0 Å². The molecule has 0 fully saturated rings. The summed E-state index contributed by atoms with van der Waals surface area (Å²) in [6.07, 6.45) is 2.51. The van der Waals surface area contributed by atoms with E-state index in [9.17, 15) is 9.59 Å². The first-order valence-corrected chi connectivity index (χ1v) is 9.97. The molecule has 0 bridgehead atoms. The molecule has 0 saturated heterocycles. The minimum atomic E-state index is -0.305.